The fourth-order valence-corrected chi connectivity index (χ4v) is 5.54. The van der Waals surface area contributed by atoms with E-state index in [2.05, 4.69) is 30.7 Å². The summed E-state index contributed by atoms with van der Waals surface area (Å²) in [5, 5.41) is 0.925. The van der Waals surface area contributed by atoms with Crippen LogP contribution < -0.4 is 4.90 Å². The Bertz CT molecular complexity index is 1240. The van der Waals surface area contributed by atoms with E-state index in [0.29, 0.717) is 30.8 Å². The van der Waals surface area contributed by atoms with Gasteiger partial charge in [-0.25, -0.2) is 4.98 Å². The predicted molar refractivity (Wildman–Crippen MR) is 127 cm³/mol. The molecule has 1 amide bonds. The first-order valence-corrected chi connectivity index (χ1v) is 14.7. The highest BCUT2D eigenvalue weighted by Gasteiger charge is 2.55. The van der Waals surface area contributed by atoms with Crippen molar-refractivity contribution in [2.75, 3.05) is 18.2 Å². The number of benzene rings is 1. The number of anilines is 1. The van der Waals surface area contributed by atoms with Crippen molar-refractivity contribution in [3.8, 4) is 0 Å². The summed E-state index contributed by atoms with van der Waals surface area (Å²) in [7, 11) is -1.20. The molecule has 32 heavy (non-hydrogen) atoms. The van der Waals surface area contributed by atoms with Gasteiger partial charge in [0.2, 0.25) is 5.91 Å². The summed E-state index contributed by atoms with van der Waals surface area (Å²) in [5.74, 6) is 0.737. The minimum absolute atomic E-state index is 0.0369. The fraction of sp³-hybridized carbons (Fsp3) is 0.360. The summed E-state index contributed by atoms with van der Waals surface area (Å²) in [5.41, 5.74) is 3.74. The second kappa shape index (κ2) is 7.60. The Morgan fingerprint density at radius 1 is 1.19 bits per heavy atom. The number of carbonyl (C=O) groups excluding carboxylic acids is 2. The van der Waals surface area contributed by atoms with Crippen LogP contribution in [0.1, 0.15) is 27.2 Å². The van der Waals surface area contributed by atoms with Gasteiger partial charge in [-0.3, -0.25) is 19.5 Å². The van der Waals surface area contributed by atoms with Crippen LogP contribution in [0.2, 0.25) is 25.7 Å². The predicted octanol–water partition coefficient (Wildman–Crippen LogP) is 4.14. The normalized spacial score (nSPS) is 19.6. The molecule has 1 aliphatic heterocycles. The van der Waals surface area contributed by atoms with Gasteiger partial charge in [0.25, 0.3) is 0 Å². The SMILES string of the molecule is C[Si](C)(C)CCOCN1C(=O)[C@]2(Cc3cc4cc(C=O)ccc4nc3C2)c2cccnc21. The third-order valence-corrected chi connectivity index (χ3v) is 8.24. The molecule has 7 heteroatoms. The Morgan fingerprint density at radius 2 is 2.03 bits per heavy atom. The summed E-state index contributed by atoms with van der Waals surface area (Å²) in [6.45, 7) is 7.82. The number of aldehydes is 1. The number of hydrogen-bond acceptors (Lipinski definition) is 5. The zero-order valence-corrected chi connectivity index (χ0v) is 19.7. The monoisotopic (exact) mass is 445 g/mol. The van der Waals surface area contributed by atoms with E-state index in [1.165, 1.54) is 0 Å². The van der Waals surface area contributed by atoms with Gasteiger partial charge in [0.1, 0.15) is 18.8 Å². The maximum Gasteiger partial charge on any atom is 0.241 e. The Hall–Kier alpha value is -2.90. The van der Waals surface area contributed by atoms with E-state index < -0.39 is 13.5 Å². The zero-order chi connectivity index (χ0) is 22.5. The number of pyridine rings is 2. The third-order valence-electron chi connectivity index (χ3n) is 6.53. The molecule has 0 unspecified atom stereocenters. The highest BCUT2D eigenvalue weighted by molar-refractivity contribution is 6.76. The van der Waals surface area contributed by atoms with E-state index in [-0.39, 0.29) is 12.6 Å². The van der Waals surface area contributed by atoms with Crippen molar-refractivity contribution >= 4 is 37.0 Å². The van der Waals surface area contributed by atoms with Crippen molar-refractivity contribution in [1.29, 1.82) is 0 Å². The van der Waals surface area contributed by atoms with Gasteiger partial charge in [-0.1, -0.05) is 25.7 Å². The van der Waals surface area contributed by atoms with Gasteiger partial charge in [-0.15, -0.1) is 0 Å². The van der Waals surface area contributed by atoms with E-state index >= 15 is 0 Å². The minimum atomic E-state index is -1.20. The lowest BCUT2D eigenvalue weighted by Crippen LogP contribution is -2.42. The van der Waals surface area contributed by atoms with Gasteiger partial charge in [0, 0.05) is 49.5 Å². The van der Waals surface area contributed by atoms with Crippen LogP contribution in [0.3, 0.4) is 0 Å². The molecule has 5 rings (SSSR count). The molecular formula is C25H27N3O3Si. The lowest BCUT2D eigenvalue weighted by molar-refractivity contribution is -0.124. The second-order valence-corrected chi connectivity index (χ2v) is 15.7. The summed E-state index contributed by atoms with van der Waals surface area (Å²) >= 11 is 0. The highest BCUT2D eigenvalue weighted by Crippen LogP contribution is 2.49. The molecule has 3 aromatic rings. The van der Waals surface area contributed by atoms with Crippen molar-refractivity contribution in [3.05, 3.63) is 65.0 Å². The van der Waals surface area contributed by atoms with Crippen molar-refractivity contribution in [1.82, 2.24) is 9.97 Å². The number of fused-ring (bicyclic) bond motifs is 4. The molecule has 2 aromatic heterocycles. The zero-order valence-electron chi connectivity index (χ0n) is 18.7. The number of carbonyl (C=O) groups is 2. The lowest BCUT2D eigenvalue weighted by Gasteiger charge is -2.23. The van der Waals surface area contributed by atoms with Gasteiger partial charge in [0.15, 0.2) is 0 Å². The molecule has 0 saturated carbocycles. The van der Waals surface area contributed by atoms with E-state index in [1.54, 1.807) is 17.2 Å². The van der Waals surface area contributed by atoms with Gasteiger partial charge < -0.3 is 4.74 Å². The van der Waals surface area contributed by atoms with Crippen LogP contribution in [-0.2, 0) is 27.8 Å². The van der Waals surface area contributed by atoms with E-state index in [4.69, 9.17) is 9.72 Å². The number of hydrogen-bond donors (Lipinski definition) is 0. The van der Waals surface area contributed by atoms with Crippen LogP contribution in [0.4, 0.5) is 5.82 Å². The van der Waals surface area contributed by atoms with Crippen LogP contribution in [0.15, 0.2) is 42.6 Å². The quantitative estimate of drug-likeness (QED) is 0.324. The van der Waals surface area contributed by atoms with E-state index in [0.717, 1.165) is 40.1 Å². The largest absolute Gasteiger partial charge is 0.361 e. The molecule has 1 atom stereocenters. The molecule has 1 aromatic carbocycles. The molecule has 3 heterocycles. The summed E-state index contributed by atoms with van der Waals surface area (Å²) in [6, 6.07) is 12.5. The molecule has 0 N–H and O–H groups in total. The fourth-order valence-electron chi connectivity index (χ4n) is 4.78. The highest BCUT2D eigenvalue weighted by atomic mass is 28.3. The summed E-state index contributed by atoms with van der Waals surface area (Å²) < 4.78 is 5.94. The van der Waals surface area contributed by atoms with Crippen molar-refractivity contribution in [2.24, 2.45) is 0 Å². The van der Waals surface area contributed by atoms with Gasteiger partial charge in [-0.05, 0) is 48.4 Å². The standard InChI is InChI=1S/C25H27N3O3Si/c1-32(2,3)10-9-31-16-28-23-20(5-4-8-26-23)25(24(28)30)13-19-12-18-11-17(15-29)6-7-21(18)27-22(19)14-25/h4-8,11-12,15H,9-10,13-14,16H2,1-3H3/t25-/m0/s1. The molecule has 0 saturated heterocycles. The Balaban J connectivity index is 1.46. The molecule has 164 valence electrons. The smallest absolute Gasteiger partial charge is 0.241 e. The number of aromatic nitrogens is 2. The summed E-state index contributed by atoms with van der Waals surface area (Å²) in [6.07, 6.45) is 3.71. The van der Waals surface area contributed by atoms with Crippen molar-refractivity contribution in [3.63, 3.8) is 0 Å². The minimum Gasteiger partial charge on any atom is -0.361 e. The third kappa shape index (κ3) is 3.45. The number of amides is 1. The second-order valence-electron chi connectivity index (χ2n) is 10.1. The molecule has 0 radical (unpaired) electrons. The molecule has 0 bridgehead atoms. The summed E-state index contributed by atoms with van der Waals surface area (Å²) in [4.78, 5) is 36.1. The first-order chi connectivity index (χ1) is 15.3. The first kappa shape index (κ1) is 21.0. The molecule has 1 spiro atoms. The lowest BCUT2D eigenvalue weighted by atomic mass is 9.79. The van der Waals surface area contributed by atoms with Crippen molar-refractivity contribution < 1.29 is 14.3 Å². The molecular weight excluding hydrogens is 418 g/mol. The van der Waals surface area contributed by atoms with Crippen LogP contribution in [0.5, 0.6) is 0 Å². The van der Waals surface area contributed by atoms with Crippen LogP contribution >= 0.6 is 0 Å². The molecule has 2 aliphatic rings. The van der Waals surface area contributed by atoms with Gasteiger partial charge >= 0.3 is 0 Å². The van der Waals surface area contributed by atoms with Crippen molar-refractivity contribution in [2.45, 2.75) is 43.9 Å². The van der Waals surface area contributed by atoms with E-state index in [1.807, 2.05) is 24.3 Å². The average Bonchev–Trinajstić information content (AvgIpc) is 3.24. The maximum absolute atomic E-state index is 13.8. The van der Waals surface area contributed by atoms with Crippen LogP contribution in [0, 0.1) is 0 Å². The Kier molecular flexibility index (Phi) is 4.98. The first-order valence-electron chi connectivity index (χ1n) is 11.0. The Morgan fingerprint density at radius 3 is 2.81 bits per heavy atom. The maximum atomic E-state index is 13.8. The topological polar surface area (TPSA) is 72.4 Å². The molecule has 6 nitrogen and oxygen atoms in total. The molecule has 1 aliphatic carbocycles. The van der Waals surface area contributed by atoms with E-state index in [9.17, 15) is 9.59 Å². The Labute approximate surface area is 188 Å². The van der Waals surface area contributed by atoms with Crippen LogP contribution in [0.25, 0.3) is 10.9 Å². The van der Waals surface area contributed by atoms with Gasteiger partial charge in [0.05, 0.1) is 10.9 Å². The van der Waals surface area contributed by atoms with Crippen LogP contribution in [-0.4, -0.2) is 43.6 Å². The molecule has 0 fully saturated rings. The number of ether oxygens (including phenoxy) is 1. The van der Waals surface area contributed by atoms with Gasteiger partial charge in [-0.2, -0.15) is 0 Å². The average molecular weight is 446 g/mol. The number of rotatable bonds is 6. The number of nitrogens with zero attached hydrogens (tertiary/aromatic N) is 3.